The molecule has 0 atom stereocenters. The van der Waals surface area contributed by atoms with Crippen LogP contribution in [0.3, 0.4) is 0 Å². The number of rotatable bonds is 3. The molecule has 0 saturated carbocycles. The van der Waals surface area contributed by atoms with E-state index in [2.05, 4.69) is 0 Å². The van der Waals surface area contributed by atoms with Gasteiger partial charge in [-0.3, -0.25) is 9.59 Å². The minimum Gasteiger partial charge on any atom is -0.420 e. The first-order chi connectivity index (χ1) is 10.6. The first kappa shape index (κ1) is 14.6. The lowest BCUT2D eigenvalue weighted by atomic mass is 9.82. The summed E-state index contributed by atoms with van der Waals surface area (Å²) in [5.41, 5.74) is -0.471. The zero-order valence-corrected chi connectivity index (χ0v) is 12.7. The van der Waals surface area contributed by atoms with Crippen LogP contribution in [0.25, 0.3) is 10.8 Å². The highest BCUT2D eigenvalue weighted by molar-refractivity contribution is 6.01. The quantitative estimate of drug-likeness (QED) is 0.640. The molecular formula is C18H18O4. The van der Waals surface area contributed by atoms with Gasteiger partial charge in [0, 0.05) is 5.56 Å². The van der Waals surface area contributed by atoms with E-state index in [1.54, 1.807) is 13.8 Å². The van der Waals surface area contributed by atoms with E-state index in [-0.39, 0.29) is 0 Å². The Morgan fingerprint density at radius 1 is 0.909 bits per heavy atom. The summed E-state index contributed by atoms with van der Waals surface area (Å²) < 4.78 is 10.9. The van der Waals surface area contributed by atoms with Crippen LogP contribution in [0.4, 0.5) is 0 Å². The summed E-state index contributed by atoms with van der Waals surface area (Å²) >= 11 is 0. The van der Waals surface area contributed by atoms with Crippen molar-refractivity contribution in [3.8, 4) is 0 Å². The van der Waals surface area contributed by atoms with E-state index >= 15 is 0 Å². The van der Waals surface area contributed by atoms with Crippen LogP contribution in [0.5, 0.6) is 0 Å². The first-order valence-electron chi connectivity index (χ1n) is 7.52. The summed E-state index contributed by atoms with van der Waals surface area (Å²) in [6, 6.07) is 13.4. The molecule has 0 amide bonds. The molecule has 0 radical (unpaired) electrons. The van der Waals surface area contributed by atoms with Gasteiger partial charge in [-0.2, -0.15) is 0 Å². The predicted molar refractivity (Wildman–Crippen MR) is 81.9 cm³/mol. The molecule has 1 aliphatic heterocycles. The third kappa shape index (κ3) is 2.06. The van der Waals surface area contributed by atoms with Crippen LogP contribution in [-0.4, -0.2) is 11.9 Å². The molecule has 1 fully saturated rings. The van der Waals surface area contributed by atoms with Gasteiger partial charge in [0.1, 0.15) is 0 Å². The molecule has 0 unspecified atom stereocenters. The van der Waals surface area contributed by atoms with Crippen LogP contribution in [0, 0.1) is 5.41 Å². The largest absolute Gasteiger partial charge is 0.420 e. The Bertz CT molecular complexity index is 705. The number of hydrogen-bond donors (Lipinski definition) is 0. The number of esters is 2. The fourth-order valence-corrected chi connectivity index (χ4v) is 2.94. The second-order valence-corrected chi connectivity index (χ2v) is 5.50. The van der Waals surface area contributed by atoms with Crippen LogP contribution in [-0.2, 0) is 19.1 Å². The molecule has 22 heavy (non-hydrogen) atoms. The molecule has 2 aromatic carbocycles. The van der Waals surface area contributed by atoms with Gasteiger partial charge in [-0.25, -0.2) is 0 Å². The predicted octanol–water partition coefficient (Wildman–Crippen LogP) is 3.74. The third-order valence-corrected chi connectivity index (χ3v) is 4.49. The van der Waals surface area contributed by atoms with Crippen molar-refractivity contribution < 1.29 is 19.1 Å². The van der Waals surface area contributed by atoms with Crippen molar-refractivity contribution >= 4 is 22.7 Å². The molecule has 1 heterocycles. The van der Waals surface area contributed by atoms with Gasteiger partial charge in [0.05, 0.1) is 0 Å². The van der Waals surface area contributed by atoms with Crippen molar-refractivity contribution in [2.24, 2.45) is 5.41 Å². The lowest BCUT2D eigenvalue weighted by molar-refractivity contribution is -0.226. The Balaban J connectivity index is 2.01. The van der Waals surface area contributed by atoms with Crippen molar-refractivity contribution in [3.63, 3.8) is 0 Å². The number of carbonyl (C=O) groups is 2. The van der Waals surface area contributed by atoms with Gasteiger partial charge >= 0.3 is 11.9 Å². The number of carbonyl (C=O) groups excluding carboxylic acids is 2. The number of fused-ring (bicyclic) bond motifs is 1. The van der Waals surface area contributed by atoms with E-state index in [4.69, 9.17) is 9.47 Å². The zero-order chi connectivity index (χ0) is 15.7. The summed E-state index contributed by atoms with van der Waals surface area (Å²) in [6.07, 6.45) is -0.218. The average Bonchev–Trinajstić information content (AvgIpc) is 2.55. The van der Waals surface area contributed by atoms with Crippen LogP contribution in [0.2, 0.25) is 0 Å². The van der Waals surface area contributed by atoms with Crippen LogP contribution < -0.4 is 0 Å². The van der Waals surface area contributed by atoms with Crippen molar-refractivity contribution in [1.82, 2.24) is 0 Å². The van der Waals surface area contributed by atoms with Crippen molar-refractivity contribution in [2.75, 3.05) is 0 Å². The van der Waals surface area contributed by atoms with E-state index in [1.807, 2.05) is 42.5 Å². The van der Waals surface area contributed by atoms with Gasteiger partial charge in [-0.05, 0) is 23.6 Å². The Labute approximate surface area is 129 Å². The van der Waals surface area contributed by atoms with E-state index in [0.29, 0.717) is 18.4 Å². The highest BCUT2D eigenvalue weighted by atomic mass is 16.7. The van der Waals surface area contributed by atoms with E-state index in [9.17, 15) is 9.59 Å². The molecule has 0 spiro atoms. The van der Waals surface area contributed by atoms with E-state index in [0.717, 1.165) is 10.8 Å². The first-order valence-corrected chi connectivity index (χ1v) is 7.52. The van der Waals surface area contributed by atoms with Gasteiger partial charge in [0.2, 0.25) is 0 Å². The maximum absolute atomic E-state index is 12.4. The normalized spacial score (nSPS) is 18.1. The maximum Gasteiger partial charge on any atom is 0.326 e. The highest BCUT2D eigenvalue weighted by Gasteiger charge is 2.51. The molecule has 0 N–H and O–H groups in total. The molecule has 0 aromatic heterocycles. The number of cyclic esters (lactones) is 2. The van der Waals surface area contributed by atoms with Crippen molar-refractivity contribution in [2.45, 2.75) is 33.0 Å². The SMILES string of the molecule is CCC1(CC)C(=O)OC(c2cccc3ccccc23)OC1=O. The maximum atomic E-state index is 12.4. The number of benzene rings is 2. The van der Waals surface area contributed by atoms with Gasteiger partial charge in [-0.1, -0.05) is 56.3 Å². The summed E-state index contributed by atoms with van der Waals surface area (Å²) in [6.45, 7) is 3.59. The molecule has 0 aliphatic carbocycles. The van der Waals surface area contributed by atoms with Crippen LogP contribution in [0.15, 0.2) is 42.5 Å². The number of ether oxygens (including phenoxy) is 2. The minimum atomic E-state index is -1.17. The zero-order valence-electron chi connectivity index (χ0n) is 12.7. The topological polar surface area (TPSA) is 52.6 Å². The fraction of sp³-hybridized carbons (Fsp3) is 0.333. The van der Waals surface area contributed by atoms with Crippen molar-refractivity contribution in [1.29, 1.82) is 0 Å². The summed E-state index contributed by atoms with van der Waals surface area (Å²) in [5.74, 6) is -0.988. The molecule has 4 nitrogen and oxygen atoms in total. The Morgan fingerprint density at radius 3 is 2.14 bits per heavy atom. The Kier molecular flexibility index (Phi) is 3.61. The van der Waals surface area contributed by atoms with Gasteiger partial charge in [0.25, 0.3) is 6.29 Å². The summed E-state index contributed by atoms with van der Waals surface area (Å²) in [5, 5.41) is 1.92. The lowest BCUT2D eigenvalue weighted by Gasteiger charge is -2.35. The third-order valence-electron chi connectivity index (χ3n) is 4.49. The molecule has 0 bridgehead atoms. The smallest absolute Gasteiger partial charge is 0.326 e. The average molecular weight is 298 g/mol. The molecule has 3 rings (SSSR count). The second kappa shape index (κ2) is 5.44. The summed E-state index contributed by atoms with van der Waals surface area (Å²) in [4.78, 5) is 24.8. The molecule has 1 aliphatic rings. The Hall–Kier alpha value is -2.36. The fourth-order valence-electron chi connectivity index (χ4n) is 2.94. The van der Waals surface area contributed by atoms with Crippen LogP contribution in [0.1, 0.15) is 38.5 Å². The number of hydrogen-bond acceptors (Lipinski definition) is 4. The molecule has 114 valence electrons. The minimum absolute atomic E-state index is 0.378. The molecule has 4 heteroatoms. The van der Waals surface area contributed by atoms with Crippen molar-refractivity contribution in [3.05, 3.63) is 48.0 Å². The van der Waals surface area contributed by atoms with Gasteiger partial charge < -0.3 is 9.47 Å². The van der Waals surface area contributed by atoms with E-state index < -0.39 is 23.6 Å². The van der Waals surface area contributed by atoms with E-state index in [1.165, 1.54) is 0 Å². The monoisotopic (exact) mass is 298 g/mol. The highest BCUT2D eigenvalue weighted by Crippen LogP contribution is 2.40. The molecule has 2 aromatic rings. The lowest BCUT2D eigenvalue weighted by Crippen LogP contribution is -2.46. The van der Waals surface area contributed by atoms with Crippen LogP contribution >= 0.6 is 0 Å². The second-order valence-electron chi connectivity index (χ2n) is 5.50. The van der Waals surface area contributed by atoms with Gasteiger partial charge in [-0.15, -0.1) is 0 Å². The molecular weight excluding hydrogens is 280 g/mol. The van der Waals surface area contributed by atoms with Gasteiger partial charge in [0.15, 0.2) is 5.41 Å². The summed E-state index contributed by atoms with van der Waals surface area (Å²) in [7, 11) is 0. The Morgan fingerprint density at radius 2 is 1.50 bits per heavy atom. The molecule has 1 saturated heterocycles. The standard InChI is InChI=1S/C18H18O4/c1-3-18(4-2)16(19)21-15(22-17(18)20)14-11-7-9-12-8-5-6-10-13(12)14/h5-11,15H,3-4H2,1-2H3.